The summed E-state index contributed by atoms with van der Waals surface area (Å²) in [6, 6.07) is 9.86. The van der Waals surface area contributed by atoms with Gasteiger partial charge in [0.25, 0.3) is 0 Å². The SMILES string of the molecule is CC(C)(C)OC(=O)N(Cc1ccccc1)CC1COC(C)(C)O1. The first-order chi connectivity index (χ1) is 10.6. The number of carbonyl (C=O) groups is 1. The van der Waals surface area contributed by atoms with Gasteiger partial charge in [0.2, 0.25) is 0 Å². The van der Waals surface area contributed by atoms with Crippen LogP contribution < -0.4 is 0 Å². The van der Waals surface area contributed by atoms with E-state index in [0.29, 0.717) is 19.7 Å². The molecule has 23 heavy (non-hydrogen) atoms. The Labute approximate surface area is 138 Å². The summed E-state index contributed by atoms with van der Waals surface area (Å²) >= 11 is 0. The van der Waals surface area contributed by atoms with E-state index in [2.05, 4.69) is 0 Å². The highest BCUT2D eigenvalue weighted by atomic mass is 16.7. The molecule has 1 amide bonds. The van der Waals surface area contributed by atoms with Gasteiger partial charge in [-0.15, -0.1) is 0 Å². The van der Waals surface area contributed by atoms with Gasteiger partial charge in [0.1, 0.15) is 11.7 Å². The predicted molar refractivity (Wildman–Crippen MR) is 88.0 cm³/mol. The second-order valence-electron chi connectivity index (χ2n) is 7.30. The average molecular weight is 321 g/mol. The Hall–Kier alpha value is -1.59. The summed E-state index contributed by atoms with van der Waals surface area (Å²) in [7, 11) is 0. The molecule has 1 atom stereocenters. The van der Waals surface area contributed by atoms with Crippen molar-refractivity contribution in [3.05, 3.63) is 35.9 Å². The van der Waals surface area contributed by atoms with Crippen LogP contribution in [0.15, 0.2) is 30.3 Å². The van der Waals surface area contributed by atoms with Gasteiger partial charge in [0.05, 0.1) is 13.2 Å². The van der Waals surface area contributed by atoms with Crippen LogP contribution in [0.4, 0.5) is 4.79 Å². The number of hydrogen-bond donors (Lipinski definition) is 0. The highest BCUT2D eigenvalue weighted by Crippen LogP contribution is 2.24. The summed E-state index contributed by atoms with van der Waals surface area (Å²) in [5, 5.41) is 0. The van der Waals surface area contributed by atoms with E-state index in [9.17, 15) is 4.79 Å². The van der Waals surface area contributed by atoms with Gasteiger partial charge < -0.3 is 19.1 Å². The van der Waals surface area contributed by atoms with E-state index in [4.69, 9.17) is 14.2 Å². The third-order valence-corrected chi connectivity index (χ3v) is 3.36. The number of amides is 1. The zero-order chi connectivity index (χ0) is 17.1. The van der Waals surface area contributed by atoms with Crippen molar-refractivity contribution in [1.82, 2.24) is 4.90 Å². The van der Waals surface area contributed by atoms with Crippen molar-refractivity contribution >= 4 is 6.09 Å². The molecule has 1 heterocycles. The molecule has 1 aromatic carbocycles. The molecule has 1 aromatic rings. The zero-order valence-corrected chi connectivity index (χ0v) is 14.7. The van der Waals surface area contributed by atoms with Crippen molar-refractivity contribution in [2.45, 2.75) is 58.7 Å². The molecule has 1 unspecified atom stereocenters. The van der Waals surface area contributed by atoms with Crippen LogP contribution in [0.1, 0.15) is 40.2 Å². The van der Waals surface area contributed by atoms with Crippen molar-refractivity contribution in [1.29, 1.82) is 0 Å². The molecule has 1 aliphatic rings. The minimum atomic E-state index is -0.600. The van der Waals surface area contributed by atoms with E-state index < -0.39 is 11.4 Å². The summed E-state index contributed by atoms with van der Waals surface area (Å²) in [5.41, 5.74) is 0.523. The van der Waals surface area contributed by atoms with E-state index in [1.807, 2.05) is 65.0 Å². The molecule has 1 aliphatic heterocycles. The normalized spacial score (nSPS) is 20.3. The third kappa shape index (κ3) is 5.84. The Bertz CT molecular complexity index is 522. The maximum Gasteiger partial charge on any atom is 0.410 e. The summed E-state index contributed by atoms with van der Waals surface area (Å²) < 4.78 is 16.9. The van der Waals surface area contributed by atoms with Crippen LogP contribution in [0, 0.1) is 0 Å². The lowest BCUT2D eigenvalue weighted by atomic mass is 10.2. The van der Waals surface area contributed by atoms with Gasteiger partial charge >= 0.3 is 6.09 Å². The van der Waals surface area contributed by atoms with Crippen LogP contribution in [-0.2, 0) is 20.8 Å². The number of hydrogen-bond acceptors (Lipinski definition) is 4. The van der Waals surface area contributed by atoms with Gasteiger partial charge in [-0.05, 0) is 40.2 Å². The second-order valence-corrected chi connectivity index (χ2v) is 7.30. The Balaban J connectivity index is 2.06. The fraction of sp³-hybridized carbons (Fsp3) is 0.611. The first-order valence-corrected chi connectivity index (χ1v) is 7.98. The van der Waals surface area contributed by atoms with Crippen molar-refractivity contribution in [2.75, 3.05) is 13.2 Å². The number of nitrogens with zero attached hydrogens (tertiary/aromatic N) is 1. The van der Waals surface area contributed by atoms with Crippen LogP contribution in [-0.4, -0.2) is 41.6 Å². The van der Waals surface area contributed by atoms with Crippen LogP contribution in [0.25, 0.3) is 0 Å². The lowest BCUT2D eigenvalue weighted by Crippen LogP contribution is -2.41. The first kappa shape index (κ1) is 17.8. The topological polar surface area (TPSA) is 48.0 Å². The molecule has 5 nitrogen and oxygen atoms in total. The van der Waals surface area contributed by atoms with Crippen molar-refractivity contribution < 1.29 is 19.0 Å². The second kappa shape index (κ2) is 6.89. The monoisotopic (exact) mass is 321 g/mol. The summed E-state index contributed by atoms with van der Waals surface area (Å²) in [6.07, 6.45) is -0.490. The van der Waals surface area contributed by atoms with E-state index in [-0.39, 0.29) is 12.2 Å². The van der Waals surface area contributed by atoms with Gasteiger partial charge in [-0.3, -0.25) is 0 Å². The summed E-state index contributed by atoms with van der Waals surface area (Å²) in [4.78, 5) is 14.2. The fourth-order valence-electron chi connectivity index (χ4n) is 2.43. The van der Waals surface area contributed by atoms with Crippen LogP contribution >= 0.6 is 0 Å². The molecule has 1 fully saturated rings. The number of benzene rings is 1. The van der Waals surface area contributed by atoms with Crippen LogP contribution in [0.3, 0.4) is 0 Å². The minimum Gasteiger partial charge on any atom is -0.444 e. The molecule has 1 saturated heterocycles. The van der Waals surface area contributed by atoms with Gasteiger partial charge in [0, 0.05) is 6.54 Å². The largest absolute Gasteiger partial charge is 0.444 e. The van der Waals surface area contributed by atoms with E-state index >= 15 is 0 Å². The quantitative estimate of drug-likeness (QED) is 0.850. The van der Waals surface area contributed by atoms with Gasteiger partial charge in [-0.25, -0.2) is 4.79 Å². The van der Waals surface area contributed by atoms with Gasteiger partial charge in [-0.2, -0.15) is 0 Å². The Morgan fingerprint density at radius 1 is 1.30 bits per heavy atom. The summed E-state index contributed by atoms with van der Waals surface area (Å²) in [6.45, 7) is 10.7. The highest BCUT2D eigenvalue weighted by Gasteiger charge is 2.35. The minimum absolute atomic E-state index is 0.152. The Morgan fingerprint density at radius 3 is 2.48 bits per heavy atom. The first-order valence-electron chi connectivity index (χ1n) is 7.98. The molecular weight excluding hydrogens is 294 g/mol. The van der Waals surface area contributed by atoms with Crippen molar-refractivity contribution in [3.8, 4) is 0 Å². The molecule has 0 aliphatic carbocycles. The Kier molecular flexibility index (Phi) is 5.32. The molecule has 128 valence electrons. The van der Waals surface area contributed by atoms with Crippen LogP contribution in [0.5, 0.6) is 0 Å². The maximum absolute atomic E-state index is 12.5. The molecule has 0 bridgehead atoms. The predicted octanol–water partition coefficient (Wildman–Crippen LogP) is 3.58. The average Bonchev–Trinajstić information content (AvgIpc) is 2.76. The molecule has 0 radical (unpaired) electrons. The Morgan fingerprint density at radius 2 is 1.96 bits per heavy atom. The highest BCUT2D eigenvalue weighted by molar-refractivity contribution is 5.68. The van der Waals surface area contributed by atoms with Gasteiger partial charge in [-0.1, -0.05) is 30.3 Å². The van der Waals surface area contributed by atoms with Gasteiger partial charge in [0.15, 0.2) is 5.79 Å². The van der Waals surface area contributed by atoms with E-state index in [1.54, 1.807) is 4.90 Å². The fourth-order valence-corrected chi connectivity index (χ4v) is 2.43. The smallest absolute Gasteiger partial charge is 0.410 e. The lowest BCUT2D eigenvalue weighted by molar-refractivity contribution is -0.140. The molecule has 0 saturated carbocycles. The zero-order valence-electron chi connectivity index (χ0n) is 14.7. The van der Waals surface area contributed by atoms with E-state index in [0.717, 1.165) is 5.56 Å². The molecule has 0 aromatic heterocycles. The third-order valence-electron chi connectivity index (χ3n) is 3.36. The standard InChI is InChI=1S/C18H27NO4/c1-17(2,3)23-16(20)19(11-14-9-7-6-8-10-14)12-15-13-21-18(4,5)22-15/h6-10,15H,11-13H2,1-5H3. The molecule has 0 N–H and O–H groups in total. The summed E-state index contributed by atoms with van der Waals surface area (Å²) in [5.74, 6) is -0.600. The molecular formula is C18H27NO4. The molecule has 5 heteroatoms. The molecule has 2 rings (SSSR count). The maximum atomic E-state index is 12.5. The lowest BCUT2D eigenvalue weighted by Gasteiger charge is -2.29. The number of rotatable bonds is 4. The van der Waals surface area contributed by atoms with Crippen LogP contribution in [0.2, 0.25) is 0 Å². The number of carbonyl (C=O) groups excluding carboxylic acids is 1. The molecule has 0 spiro atoms. The van der Waals surface area contributed by atoms with Crippen molar-refractivity contribution in [3.63, 3.8) is 0 Å². The van der Waals surface area contributed by atoms with E-state index in [1.165, 1.54) is 0 Å². The van der Waals surface area contributed by atoms with Crippen molar-refractivity contribution in [2.24, 2.45) is 0 Å². The number of ether oxygens (including phenoxy) is 3.